The highest BCUT2D eigenvalue weighted by Crippen LogP contribution is 2.16. The molecule has 2 aromatic rings. The van der Waals surface area contributed by atoms with Crippen LogP contribution in [-0.2, 0) is 25.9 Å². The van der Waals surface area contributed by atoms with Crippen molar-refractivity contribution < 1.29 is 22.4 Å². The van der Waals surface area contributed by atoms with Crippen LogP contribution >= 0.6 is 0 Å². The first kappa shape index (κ1) is 14.8. The Hall–Kier alpha value is -2.09. The third-order valence-corrected chi connectivity index (χ3v) is 5.34. The fraction of sp³-hybridized carbons (Fsp3) is 0.429. The molecular weight excluding hydrogens is 310 g/mol. The smallest absolute Gasteiger partial charge is 0.419 e. The Morgan fingerprint density at radius 3 is 2.86 bits per heavy atom. The van der Waals surface area contributed by atoms with Gasteiger partial charge in [0.25, 0.3) is 0 Å². The van der Waals surface area contributed by atoms with Crippen LogP contribution in [0.15, 0.2) is 33.5 Å². The van der Waals surface area contributed by atoms with Crippen LogP contribution < -0.4 is 5.76 Å². The molecule has 8 heteroatoms. The molecule has 0 unspecified atom stereocenters. The molecule has 1 aromatic carbocycles. The number of sulfone groups is 1. The lowest BCUT2D eigenvalue weighted by atomic mass is 10.3. The molecule has 0 saturated carbocycles. The average Bonchev–Trinajstić information content (AvgIpc) is 2.95. The van der Waals surface area contributed by atoms with Crippen molar-refractivity contribution in [3.8, 4) is 0 Å². The van der Waals surface area contributed by atoms with Crippen molar-refractivity contribution in [2.45, 2.75) is 25.5 Å². The van der Waals surface area contributed by atoms with Gasteiger partial charge in [-0.2, -0.15) is 0 Å². The van der Waals surface area contributed by atoms with Gasteiger partial charge in [-0.05, 0) is 18.6 Å². The van der Waals surface area contributed by atoms with Crippen LogP contribution in [0.1, 0.15) is 12.8 Å². The largest absolute Gasteiger partial charge is 0.461 e. The summed E-state index contributed by atoms with van der Waals surface area (Å²) >= 11 is 0. The topological polar surface area (TPSA) is 95.6 Å². The first-order chi connectivity index (χ1) is 10.4. The van der Waals surface area contributed by atoms with E-state index in [1.54, 1.807) is 24.3 Å². The normalized spacial score (nSPS) is 20.3. The van der Waals surface area contributed by atoms with E-state index in [4.69, 9.17) is 9.15 Å². The lowest BCUT2D eigenvalue weighted by Crippen LogP contribution is -2.22. The predicted octanol–water partition coefficient (Wildman–Crippen LogP) is 0.715. The van der Waals surface area contributed by atoms with E-state index in [0.29, 0.717) is 17.5 Å². The molecule has 2 heterocycles. The third-order valence-electron chi connectivity index (χ3n) is 3.60. The zero-order valence-electron chi connectivity index (χ0n) is 11.7. The van der Waals surface area contributed by atoms with Gasteiger partial charge < -0.3 is 9.15 Å². The molecule has 0 spiro atoms. The fourth-order valence-corrected chi connectivity index (χ4v) is 4.12. The van der Waals surface area contributed by atoms with Gasteiger partial charge in [0.15, 0.2) is 15.4 Å². The molecule has 22 heavy (non-hydrogen) atoms. The highest BCUT2D eigenvalue weighted by Gasteiger charge is 2.30. The van der Waals surface area contributed by atoms with E-state index in [0.717, 1.165) is 0 Å². The standard InChI is InChI=1S/C14H15NO6S/c16-13(20-10-6-8-22(18,19)9-10)5-7-15-11-3-1-2-4-12(11)21-14(15)17/h1-4,10H,5-9H2/t10-/m1/s1. The van der Waals surface area contributed by atoms with Gasteiger partial charge in [-0.1, -0.05) is 12.1 Å². The molecule has 0 N–H and O–H groups in total. The molecule has 1 saturated heterocycles. The molecule has 1 aromatic heterocycles. The number of oxazole rings is 1. The molecule has 0 radical (unpaired) electrons. The van der Waals surface area contributed by atoms with Crippen LogP contribution in [0, 0.1) is 0 Å². The Bertz CT molecular complexity index is 863. The van der Waals surface area contributed by atoms with E-state index >= 15 is 0 Å². The van der Waals surface area contributed by atoms with E-state index in [9.17, 15) is 18.0 Å². The number of para-hydroxylation sites is 2. The van der Waals surface area contributed by atoms with Crippen LogP contribution in [0.5, 0.6) is 0 Å². The minimum Gasteiger partial charge on any atom is -0.461 e. The molecule has 118 valence electrons. The second-order valence-corrected chi connectivity index (χ2v) is 7.48. The molecular formula is C14H15NO6S. The van der Waals surface area contributed by atoms with E-state index in [2.05, 4.69) is 0 Å². The highest BCUT2D eigenvalue weighted by atomic mass is 32.2. The van der Waals surface area contributed by atoms with Crippen molar-refractivity contribution in [1.29, 1.82) is 0 Å². The number of hydrogen-bond donors (Lipinski definition) is 0. The fourth-order valence-electron chi connectivity index (χ4n) is 2.53. The van der Waals surface area contributed by atoms with Gasteiger partial charge in [-0.25, -0.2) is 13.2 Å². The Morgan fingerprint density at radius 1 is 1.36 bits per heavy atom. The van der Waals surface area contributed by atoms with Gasteiger partial charge in [0.2, 0.25) is 0 Å². The van der Waals surface area contributed by atoms with E-state index < -0.39 is 27.7 Å². The van der Waals surface area contributed by atoms with Crippen LogP contribution in [0.3, 0.4) is 0 Å². The zero-order chi connectivity index (χ0) is 15.7. The molecule has 7 nitrogen and oxygen atoms in total. The maximum Gasteiger partial charge on any atom is 0.419 e. The Kier molecular flexibility index (Phi) is 3.78. The maximum atomic E-state index is 11.8. The first-order valence-corrected chi connectivity index (χ1v) is 8.75. The zero-order valence-corrected chi connectivity index (χ0v) is 12.5. The van der Waals surface area contributed by atoms with E-state index in [1.165, 1.54) is 4.57 Å². The summed E-state index contributed by atoms with van der Waals surface area (Å²) in [6.07, 6.45) is -0.252. The number of hydrogen-bond acceptors (Lipinski definition) is 6. The summed E-state index contributed by atoms with van der Waals surface area (Å²) in [5, 5.41) is 0. The molecule has 0 aliphatic carbocycles. The molecule has 1 aliphatic heterocycles. The second-order valence-electron chi connectivity index (χ2n) is 5.25. The summed E-state index contributed by atoms with van der Waals surface area (Å²) in [5.74, 6) is -1.11. The second kappa shape index (κ2) is 5.60. The van der Waals surface area contributed by atoms with Crippen molar-refractivity contribution in [1.82, 2.24) is 4.57 Å². The van der Waals surface area contributed by atoms with Crippen molar-refractivity contribution in [2.75, 3.05) is 11.5 Å². The third kappa shape index (κ3) is 3.06. The SMILES string of the molecule is O=C(CCn1c(=O)oc2ccccc21)O[C@@H]1CCS(=O)(=O)C1. The molecule has 0 amide bonds. The minimum absolute atomic E-state index is 0.0139. The number of ether oxygens (including phenoxy) is 1. The first-order valence-electron chi connectivity index (χ1n) is 6.93. The van der Waals surface area contributed by atoms with Gasteiger partial charge in [0.1, 0.15) is 6.10 Å². The van der Waals surface area contributed by atoms with Gasteiger partial charge >= 0.3 is 11.7 Å². The predicted molar refractivity (Wildman–Crippen MR) is 78.2 cm³/mol. The van der Waals surface area contributed by atoms with Gasteiger partial charge in [0.05, 0.1) is 23.4 Å². The number of fused-ring (bicyclic) bond motifs is 1. The number of rotatable bonds is 4. The molecule has 1 fully saturated rings. The van der Waals surface area contributed by atoms with Crippen LogP contribution in [0.4, 0.5) is 0 Å². The van der Waals surface area contributed by atoms with E-state index in [1.807, 2.05) is 0 Å². The molecule has 0 bridgehead atoms. The Balaban J connectivity index is 1.63. The maximum absolute atomic E-state index is 11.8. The summed E-state index contributed by atoms with van der Waals surface area (Å²) < 4.78 is 34.2. The van der Waals surface area contributed by atoms with Crippen molar-refractivity contribution in [2.24, 2.45) is 0 Å². The number of aryl methyl sites for hydroxylation is 1. The number of esters is 1. The van der Waals surface area contributed by atoms with Gasteiger partial charge in [-0.3, -0.25) is 9.36 Å². The lowest BCUT2D eigenvalue weighted by Gasteiger charge is -2.10. The van der Waals surface area contributed by atoms with E-state index in [-0.39, 0.29) is 24.5 Å². The van der Waals surface area contributed by atoms with Crippen LogP contribution in [-0.4, -0.2) is 36.6 Å². The molecule has 1 atom stereocenters. The van der Waals surface area contributed by atoms with Crippen LogP contribution in [0.2, 0.25) is 0 Å². The number of carbonyl (C=O) groups is 1. The highest BCUT2D eigenvalue weighted by molar-refractivity contribution is 7.91. The summed E-state index contributed by atoms with van der Waals surface area (Å²) in [6.45, 7) is 0.133. The van der Waals surface area contributed by atoms with Gasteiger partial charge in [0, 0.05) is 6.54 Å². The van der Waals surface area contributed by atoms with Crippen molar-refractivity contribution >= 4 is 26.9 Å². The number of carbonyl (C=O) groups excluding carboxylic acids is 1. The summed E-state index contributed by atoms with van der Waals surface area (Å²) in [5.41, 5.74) is 1.08. The van der Waals surface area contributed by atoms with Gasteiger partial charge in [-0.15, -0.1) is 0 Å². The van der Waals surface area contributed by atoms with Crippen molar-refractivity contribution in [3.63, 3.8) is 0 Å². The monoisotopic (exact) mass is 325 g/mol. The summed E-state index contributed by atoms with van der Waals surface area (Å²) in [4.78, 5) is 23.5. The average molecular weight is 325 g/mol. The number of aromatic nitrogens is 1. The van der Waals surface area contributed by atoms with Crippen LogP contribution in [0.25, 0.3) is 11.1 Å². The number of nitrogens with zero attached hydrogens (tertiary/aromatic N) is 1. The Morgan fingerprint density at radius 2 is 2.14 bits per heavy atom. The Labute approximate surface area is 126 Å². The lowest BCUT2D eigenvalue weighted by molar-refractivity contribution is -0.148. The molecule has 3 rings (SSSR count). The number of benzene rings is 1. The quantitative estimate of drug-likeness (QED) is 0.768. The summed E-state index contributed by atoms with van der Waals surface area (Å²) in [7, 11) is -3.08. The summed E-state index contributed by atoms with van der Waals surface area (Å²) in [6, 6.07) is 6.93. The molecule has 1 aliphatic rings. The van der Waals surface area contributed by atoms with Crippen molar-refractivity contribution in [3.05, 3.63) is 34.8 Å². The minimum atomic E-state index is -3.08.